The Kier molecular flexibility index (Phi) is 9.75. The fourth-order valence-electron chi connectivity index (χ4n) is 3.99. The minimum absolute atomic E-state index is 0.0417. The molecule has 1 heterocycles. The standard InChI is InChI=1S/C27H16F12N4O2/c28-20-9-6-14(13-41-20)23(45)43(11-2-1-10-40)19-5-3-4-16(21(19)29)22(44)42-18-8-7-15(12-17(18)25(31,32)33)24(30,26(34,35)36)27(37,38)39/h3-9,12-13H,1-2,11H2,(H,42,44). The van der Waals surface area contributed by atoms with Gasteiger partial charge in [-0.2, -0.15) is 49.2 Å². The maximum atomic E-state index is 15.6. The number of nitrogens with one attached hydrogen (secondary N) is 1. The van der Waals surface area contributed by atoms with Crippen LogP contribution in [-0.2, 0) is 11.8 Å². The third-order valence-electron chi connectivity index (χ3n) is 6.16. The van der Waals surface area contributed by atoms with Crippen LogP contribution in [0.1, 0.15) is 44.7 Å². The lowest BCUT2D eigenvalue weighted by Gasteiger charge is -2.31. The SMILES string of the molecule is N#CCCCN(C(=O)c1ccc(F)nc1)c1cccc(C(=O)Nc2ccc(C(F)(C(F)(F)F)C(F)(F)F)cc2C(F)(F)F)c1F. The molecule has 2 aromatic carbocycles. The number of nitriles is 1. The van der Waals surface area contributed by atoms with Gasteiger partial charge in [-0.05, 0) is 42.8 Å². The molecular weight excluding hydrogens is 640 g/mol. The number of nitrogens with zero attached hydrogens (tertiary/aromatic N) is 3. The summed E-state index contributed by atoms with van der Waals surface area (Å²) in [4.78, 5) is 30.0. The van der Waals surface area contributed by atoms with E-state index in [0.29, 0.717) is 0 Å². The van der Waals surface area contributed by atoms with E-state index >= 15 is 4.39 Å². The zero-order valence-corrected chi connectivity index (χ0v) is 22.0. The van der Waals surface area contributed by atoms with Crippen LogP contribution in [0.15, 0.2) is 54.7 Å². The number of benzene rings is 2. The minimum atomic E-state index is -6.73. The van der Waals surface area contributed by atoms with Crippen molar-refractivity contribution in [2.75, 3.05) is 16.8 Å². The number of alkyl halides is 10. The molecule has 0 aliphatic heterocycles. The molecular formula is C27H16F12N4O2. The monoisotopic (exact) mass is 656 g/mol. The normalized spacial score (nSPS) is 12.4. The topological polar surface area (TPSA) is 86.1 Å². The summed E-state index contributed by atoms with van der Waals surface area (Å²) in [6.45, 7) is -0.352. The number of amides is 2. The number of hydrogen-bond acceptors (Lipinski definition) is 4. The Morgan fingerprint density at radius 2 is 1.53 bits per heavy atom. The lowest BCUT2D eigenvalue weighted by Crippen LogP contribution is -2.50. The van der Waals surface area contributed by atoms with Gasteiger partial charge in [0.1, 0.15) is 0 Å². The van der Waals surface area contributed by atoms with Gasteiger partial charge in [-0.25, -0.2) is 13.8 Å². The fraction of sp³-hybridized carbons (Fsp3) is 0.259. The molecule has 1 aromatic heterocycles. The maximum absolute atomic E-state index is 15.6. The summed E-state index contributed by atoms with van der Waals surface area (Å²) in [6, 6.07) is 5.14. The van der Waals surface area contributed by atoms with Crippen LogP contribution >= 0.6 is 0 Å². The van der Waals surface area contributed by atoms with Crippen molar-refractivity contribution in [3.8, 4) is 6.07 Å². The number of anilines is 2. The molecule has 0 saturated heterocycles. The fourth-order valence-corrected chi connectivity index (χ4v) is 3.99. The van der Waals surface area contributed by atoms with Gasteiger partial charge < -0.3 is 10.2 Å². The van der Waals surface area contributed by atoms with E-state index in [4.69, 9.17) is 5.26 Å². The summed E-state index contributed by atoms with van der Waals surface area (Å²) in [7, 11) is 0. The Morgan fingerprint density at radius 3 is 2.07 bits per heavy atom. The van der Waals surface area contributed by atoms with Crippen molar-refractivity contribution in [2.24, 2.45) is 0 Å². The molecule has 0 fully saturated rings. The first-order valence-electron chi connectivity index (χ1n) is 12.2. The highest BCUT2D eigenvalue weighted by Gasteiger charge is 2.73. The smallest absolute Gasteiger partial charge is 0.321 e. The van der Waals surface area contributed by atoms with Gasteiger partial charge in [-0.1, -0.05) is 12.1 Å². The van der Waals surface area contributed by atoms with Gasteiger partial charge in [0.05, 0.1) is 34.1 Å². The van der Waals surface area contributed by atoms with E-state index in [1.807, 2.05) is 0 Å². The van der Waals surface area contributed by atoms with E-state index in [2.05, 4.69) is 4.98 Å². The molecule has 3 rings (SSSR count). The van der Waals surface area contributed by atoms with Crippen LogP contribution in [0.5, 0.6) is 0 Å². The molecule has 3 aromatic rings. The summed E-state index contributed by atoms with van der Waals surface area (Å²) in [5.74, 6) is -5.17. The molecule has 1 N–H and O–H groups in total. The summed E-state index contributed by atoms with van der Waals surface area (Å²) in [6.07, 6.45) is -18.6. The minimum Gasteiger partial charge on any atom is -0.321 e. The largest absolute Gasteiger partial charge is 0.435 e. The van der Waals surface area contributed by atoms with Gasteiger partial charge in [-0.15, -0.1) is 0 Å². The number of pyridine rings is 1. The molecule has 6 nitrogen and oxygen atoms in total. The van der Waals surface area contributed by atoms with Crippen LogP contribution in [0.25, 0.3) is 0 Å². The molecule has 0 spiro atoms. The van der Waals surface area contributed by atoms with E-state index < -0.39 is 81.9 Å². The predicted octanol–water partition coefficient (Wildman–Crippen LogP) is 7.87. The van der Waals surface area contributed by atoms with Crippen LogP contribution in [-0.4, -0.2) is 35.7 Å². The molecule has 0 atom stereocenters. The zero-order chi connectivity index (χ0) is 34.0. The molecule has 0 saturated carbocycles. The van der Waals surface area contributed by atoms with Crippen LogP contribution in [0.4, 0.5) is 64.1 Å². The molecule has 0 unspecified atom stereocenters. The third-order valence-corrected chi connectivity index (χ3v) is 6.16. The number of carbonyl (C=O) groups is 2. The lowest BCUT2D eigenvalue weighted by molar-refractivity contribution is -0.348. The van der Waals surface area contributed by atoms with Crippen molar-refractivity contribution in [3.63, 3.8) is 0 Å². The van der Waals surface area contributed by atoms with Crippen molar-refractivity contribution in [3.05, 3.63) is 88.7 Å². The lowest BCUT2D eigenvalue weighted by atomic mass is 9.92. The van der Waals surface area contributed by atoms with Crippen molar-refractivity contribution in [2.45, 2.75) is 37.0 Å². The molecule has 240 valence electrons. The van der Waals surface area contributed by atoms with E-state index in [1.165, 1.54) is 5.32 Å². The van der Waals surface area contributed by atoms with Crippen molar-refractivity contribution < 1.29 is 62.3 Å². The summed E-state index contributed by atoms with van der Waals surface area (Å²) in [5, 5.41) is 10.4. The summed E-state index contributed by atoms with van der Waals surface area (Å²) >= 11 is 0. The third kappa shape index (κ3) is 7.13. The number of unbranched alkanes of at least 4 members (excludes halogenated alkanes) is 1. The average Bonchev–Trinajstić information content (AvgIpc) is 2.94. The number of aromatic nitrogens is 1. The highest BCUT2D eigenvalue weighted by atomic mass is 19.4. The van der Waals surface area contributed by atoms with Gasteiger partial charge in [0, 0.05) is 24.7 Å². The Labute approximate surface area is 244 Å². The van der Waals surface area contributed by atoms with Crippen molar-refractivity contribution >= 4 is 23.2 Å². The number of halogens is 12. The van der Waals surface area contributed by atoms with Gasteiger partial charge in [0.2, 0.25) is 5.95 Å². The van der Waals surface area contributed by atoms with Gasteiger partial charge in [0.25, 0.3) is 11.8 Å². The zero-order valence-electron chi connectivity index (χ0n) is 22.0. The van der Waals surface area contributed by atoms with E-state index in [1.54, 1.807) is 6.07 Å². The van der Waals surface area contributed by atoms with Crippen LogP contribution in [0.2, 0.25) is 0 Å². The van der Waals surface area contributed by atoms with Crippen molar-refractivity contribution in [1.82, 2.24) is 4.98 Å². The average molecular weight is 656 g/mol. The van der Waals surface area contributed by atoms with E-state index in [9.17, 15) is 57.9 Å². The second-order valence-electron chi connectivity index (χ2n) is 9.09. The first-order valence-corrected chi connectivity index (χ1v) is 12.2. The van der Waals surface area contributed by atoms with E-state index in [-0.39, 0.29) is 37.1 Å². The number of rotatable bonds is 8. The predicted molar refractivity (Wildman–Crippen MR) is 131 cm³/mol. The van der Waals surface area contributed by atoms with Gasteiger partial charge in [-0.3, -0.25) is 9.59 Å². The molecule has 0 radical (unpaired) electrons. The highest BCUT2D eigenvalue weighted by molar-refractivity contribution is 6.08. The Morgan fingerprint density at radius 1 is 0.889 bits per heavy atom. The molecule has 0 bridgehead atoms. The van der Waals surface area contributed by atoms with Gasteiger partial charge in [0.15, 0.2) is 5.82 Å². The van der Waals surface area contributed by atoms with Crippen LogP contribution in [0, 0.1) is 23.1 Å². The maximum Gasteiger partial charge on any atom is 0.435 e. The summed E-state index contributed by atoms with van der Waals surface area (Å²) < 4.78 is 163. The Balaban J connectivity index is 2.07. The molecule has 0 aliphatic carbocycles. The molecule has 18 heteroatoms. The van der Waals surface area contributed by atoms with Crippen molar-refractivity contribution in [1.29, 1.82) is 5.26 Å². The molecule has 45 heavy (non-hydrogen) atoms. The first-order chi connectivity index (χ1) is 20.7. The summed E-state index contributed by atoms with van der Waals surface area (Å²) in [5.41, 5.74) is -14.4. The quantitative estimate of drug-likeness (QED) is 0.152. The number of carbonyl (C=O) groups excluding carboxylic acids is 2. The second-order valence-corrected chi connectivity index (χ2v) is 9.09. The van der Waals surface area contributed by atoms with E-state index in [0.717, 1.165) is 41.4 Å². The highest BCUT2D eigenvalue weighted by Crippen LogP contribution is 2.54. The van der Waals surface area contributed by atoms with Gasteiger partial charge >= 0.3 is 24.2 Å². The van der Waals surface area contributed by atoms with Crippen LogP contribution < -0.4 is 10.2 Å². The first kappa shape index (κ1) is 34.7. The van der Waals surface area contributed by atoms with Crippen LogP contribution in [0.3, 0.4) is 0 Å². The molecule has 0 aliphatic rings. The molecule has 2 amide bonds. The number of hydrogen-bond donors (Lipinski definition) is 1. The second kappa shape index (κ2) is 12.7. The Hall–Kier alpha value is -4.82. The Bertz CT molecular complexity index is 1600.